The van der Waals surface area contributed by atoms with E-state index in [2.05, 4.69) is 6.07 Å². The first kappa shape index (κ1) is 24.3. The number of nitrogens with zero attached hydrogens (tertiary/aromatic N) is 3. The van der Waals surface area contributed by atoms with Crippen LogP contribution in [-0.4, -0.2) is 23.8 Å². The highest BCUT2D eigenvalue weighted by molar-refractivity contribution is 7.99. The van der Waals surface area contributed by atoms with Gasteiger partial charge in [0.05, 0.1) is 29.9 Å². The van der Waals surface area contributed by atoms with E-state index in [9.17, 15) is 19.7 Å². The molecule has 1 atom stereocenters. The van der Waals surface area contributed by atoms with Crippen molar-refractivity contribution >= 4 is 17.7 Å². The summed E-state index contributed by atoms with van der Waals surface area (Å²) in [7, 11) is 1.22. The number of thioether (sulfide) groups is 1. The lowest BCUT2D eigenvalue weighted by Gasteiger charge is -2.28. The summed E-state index contributed by atoms with van der Waals surface area (Å²) in [4.78, 5) is 17.6. The number of hydrogen-bond donors (Lipinski definition) is 1. The lowest BCUT2D eigenvalue weighted by atomic mass is 9.83. The highest BCUT2D eigenvalue weighted by Gasteiger charge is 2.37. The van der Waals surface area contributed by atoms with Crippen molar-refractivity contribution in [2.75, 3.05) is 12.9 Å². The van der Waals surface area contributed by atoms with E-state index in [1.54, 1.807) is 6.07 Å². The van der Waals surface area contributed by atoms with E-state index >= 15 is 0 Å². The second-order valence-electron chi connectivity index (χ2n) is 8.22. The molecule has 0 spiro atoms. The first-order valence-corrected chi connectivity index (χ1v) is 12.2. The maximum absolute atomic E-state index is 14.0. The Balaban J connectivity index is 1.75. The summed E-state index contributed by atoms with van der Waals surface area (Å²) >= 11 is 1.24. The number of aryl methyl sites for hydroxylation is 2. The number of halogens is 1. The molecule has 0 radical (unpaired) electrons. The third-order valence-electron chi connectivity index (χ3n) is 6.06. The molecule has 0 bridgehead atoms. The van der Waals surface area contributed by atoms with Crippen LogP contribution in [0, 0.1) is 28.5 Å². The van der Waals surface area contributed by atoms with Crippen LogP contribution in [0.25, 0.3) is 0 Å². The molecule has 1 aromatic heterocycles. The van der Waals surface area contributed by atoms with Crippen LogP contribution in [0.3, 0.4) is 0 Å². The highest BCUT2D eigenvalue weighted by Crippen LogP contribution is 2.41. The van der Waals surface area contributed by atoms with Crippen LogP contribution in [0.15, 0.2) is 58.1 Å². The number of nitriles is 2. The minimum atomic E-state index is -0.956. The largest absolute Gasteiger partial charge is 0.466 e. The average molecular weight is 491 g/mol. The fourth-order valence-electron chi connectivity index (χ4n) is 4.39. The molecule has 4 rings (SSSR count). The third kappa shape index (κ3) is 5.01. The van der Waals surface area contributed by atoms with Crippen LogP contribution in [0.2, 0.25) is 0 Å². The van der Waals surface area contributed by atoms with Crippen molar-refractivity contribution in [2.45, 2.75) is 43.0 Å². The molecule has 1 aromatic carbocycles. The minimum Gasteiger partial charge on any atom is -0.466 e. The van der Waals surface area contributed by atoms with E-state index in [0.717, 1.165) is 43.4 Å². The van der Waals surface area contributed by atoms with E-state index in [1.807, 2.05) is 12.1 Å². The third-order valence-corrected chi connectivity index (χ3v) is 7.05. The number of carbonyl (C=O) groups excluding carboxylic acids is 1. The molecule has 2 heterocycles. The predicted molar refractivity (Wildman–Crippen MR) is 127 cm³/mol. The number of hydrogen-bond acceptors (Lipinski definition) is 8. The first-order chi connectivity index (χ1) is 17.0. The van der Waals surface area contributed by atoms with Gasteiger partial charge in [-0.25, -0.2) is 14.2 Å². The lowest BCUT2D eigenvalue weighted by molar-refractivity contribution is -0.136. The zero-order valence-corrected chi connectivity index (χ0v) is 20.0. The van der Waals surface area contributed by atoms with Gasteiger partial charge < -0.3 is 15.2 Å². The van der Waals surface area contributed by atoms with Gasteiger partial charge in [-0.05, 0) is 55.0 Å². The second-order valence-corrected chi connectivity index (χ2v) is 9.18. The van der Waals surface area contributed by atoms with Gasteiger partial charge in [0.15, 0.2) is 0 Å². The number of rotatable bonds is 5. The molecule has 2 aromatic rings. The van der Waals surface area contributed by atoms with E-state index in [0.29, 0.717) is 16.2 Å². The summed E-state index contributed by atoms with van der Waals surface area (Å²) in [5.41, 5.74) is 9.02. The molecule has 1 aliphatic carbocycles. The number of pyridine rings is 1. The molecule has 35 heavy (non-hydrogen) atoms. The van der Waals surface area contributed by atoms with Crippen molar-refractivity contribution in [3.63, 3.8) is 0 Å². The number of carbonyl (C=O) groups is 1. The van der Waals surface area contributed by atoms with Gasteiger partial charge in [0, 0.05) is 5.69 Å². The van der Waals surface area contributed by atoms with Gasteiger partial charge in [-0.2, -0.15) is 10.5 Å². The van der Waals surface area contributed by atoms with E-state index in [-0.39, 0.29) is 28.5 Å². The van der Waals surface area contributed by atoms with Crippen molar-refractivity contribution < 1.29 is 18.7 Å². The molecule has 1 aliphatic heterocycles. The molecule has 0 saturated carbocycles. The maximum Gasteiger partial charge on any atom is 0.338 e. The Labute approximate surface area is 207 Å². The molecule has 178 valence electrons. The fourth-order valence-corrected chi connectivity index (χ4v) is 5.31. The summed E-state index contributed by atoms with van der Waals surface area (Å²) in [6.07, 6.45) is 4.99. The van der Waals surface area contributed by atoms with Crippen molar-refractivity contribution in [1.29, 1.82) is 10.5 Å². The Bertz CT molecular complexity index is 1320. The van der Waals surface area contributed by atoms with Gasteiger partial charge in [-0.3, -0.25) is 0 Å². The lowest BCUT2D eigenvalue weighted by Crippen LogP contribution is -2.26. The topological polar surface area (TPSA) is 122 Å². The molecular weight excluding hydrogens is 467 g/mol. The zero-order valence-electron chi connectivity index (χ0n) is 19.1. The summed E-state index contributed by atoms with van der Waals surface area (Å²) in [6.45, 7) is 0. The molecule has 1 unspecified atom stereocenters. The zero-order chi connectivity index (χ0) is 24.9. The van der Waals surface area contributed by atoms with Crippen LogP contribution in [0.4, 0.5) is 4.39 Å². The number of allylic oxidation sites excluding steroid dienone is 1. The van der Waals surface area contributed by atoms with Gasteiger partial charge in [-0.15, -0.1) is 0 Å². The van der Waals surface area contributed by atoms with Gasteiger partial charge >= 0.3 is 5.97 Å². The number of methoxy groups -OCH3 is 1. The van der Waals surface area contributed by atoms with Gasteiger partial charge in [-0.1, -0.05) is 30.3 Å². The normalized spacial score (nSPS) is 17.5. The van der Waals surface area contributed by atoms with Crippen LogP contribution in [0.1, 0.15) is 47.6 Å². The molecule has 0 fully saturated rings. The molecule has 2 N–H and O–H groups in total. The summed E-state index contributed by atoms with van der Waals surface area (Å²) in [5.74, 6) is -2.07. The van der Waals surface area contributed by atoms with Gasteiger partial charge in [0.25, 0.3) is 0 Å². The van der Waals surface area contributed by atoms with E-state index < -0.39 is 17.7 Å². The molecule has 0 amide bonds. The molecule has 7 nitrogen and oxygen atoms in total. The van der Waals surface area contributed by atoms with Gasteiger partial charge in [0.1, 0.15) is 34.3 Å². The van der Waals surface area contributed by atoms with Crippen molar-refractivity contribution in [2.24, 2.45) is 5.73 Å². The molecule has 0 saturated heterocycles. The minimum absolute atomic E-state index is 0.00869. The monoisotopic (exact) mass is 490 g/mol. The highest BCUT2D eigenvalue weighted by atomic mass is 32.2. The molecule has 9 heteroatoms. The smallest absolute Gasteiger partial charge is 0.338 e. The standard InChI is InChI=1S/C26H23FN4O3S/c1-33-26(32)23-21(34-24(30)19(13-29)22(23)16-7-5-8-18(27)11-16)14-35-25-17(12-28)10-15-6-3-2-4-9-20(15)31-25/h5,7-8,10-11,22H,2-4,6,9,14,30H2,1H3. The average Bonchev–Trinajstić information content (AvgIpc) is 3.10. The van der Waals surface area contributed by atoms with E-state index in [1.165, 1.54) is 37.1 Å². The van der Waals surface area contributed by atoms with Crippen molar-refractivity contribution in [1.82, 2.24) is 4.98 Å². The van der Waals surface area contributed by atoms with Crippen LogP contribution < -0.4 is 5.73 Å². The number of ether oxygens (including phenoxy) is 2. The fraction of sp³-hybridized carbons (Fsp3) is 0.308. The van der Waals surface area contributed by atoms with Crippen LogP contribution in [0.5, 0.6) is 0 Å². The first-order valence-electron chi connectivity index (χ1n) is 11.2. The molecular formula is C26H23FN4O3S. The number of nitrogens with two attached hydrogens (primary N) is 1. The number of esters is 1. The molecule has 2 aliphatic rings. The Morgan fingerprint density at radius 2 is 2.06 bits per heavy atom. The number of aromatic nitrogens is 1. The van der Waals surface area contributed by atoms with E-state index in [4.69, 9.17) is 20.2 Å². The summed E-state index contributed by atoms with van der Waals surface area (Å²) in [6, 6.07) is 11.7. The second kappa shape index (κ2) is 10.6. The van der Waals surface area contributed by atoms with Crippen LogP contribution >= 0.6 is 11.8 Å². The van der Waals surface area contributed by atoms with Gasteiger partial charge in [0.2, 0.25) is 5.88 Å². The predicted octanol–water partition coefficient (Wildman–Crippen LogP) is 4.39. The van der Waals surface area contributed by atoms with Crippen molar-refractivity contribution in [3.8, 4) is 12.1 Å². The maximum atomic E-state index is 14.0. The Kier molecular flexibility index (Phi) is 7.38. The Morgan fingerprint density at radius 3 is 2.77 bits per heavy atom. The quantitative estimate of drug-likeness (QED) is 0.372. The SMILES string of the molecule is COC(=O)C1=C(CSc2nc3c(cc2C#N)CCCCC3)OC(N)=C(C#N)C1c1cccc(F)c1. The van der Waals surface area contributed by atoms with Crippen LogP contribution in [-0.2, 0) is 27.1 Å². The summed E-state index contributed by atoms with van der Waals surface area (Å²) in [5, 5.41) is 20.0. The number of fused-ring (bicyclic) bond motifs is 1. The number of benzene rings is 1. The van der Waals surface area contributed by atoms with Crippen molar-refractivity contribution in [3.05, 3.63) is 81.3 Å². The Morgan fingerprint density at radius 1 is 1.26 bits per heavy atom. The summed E-state index contributed by atoms with van der Waals surface area (Å²) < 4.78 is 24.8. The Hall–Kier alpha value is -3.82.